The summed E-state index contributed by atoms with van der Waals surface area (Å²) in [6, 6.07) is 1.79. The van der Waals surface area contributed by atoms with Crippen LogP contribution in [0, 0.1) is 0 Å². The minimum Gasteiger partial charge on any atom is -0.463 e. The third-order valence-corrected chi connectivity index (χ3v) is 3.32. The monoisotopic (exact) mass is 294 g/mol. The number of carbonyl (C=O) groups excluding carboxylic acids is 1. The van der Waals surface area contributed by atoms with Crippen LogP contribution in [0.2, 0.25) is 0 Å². The molecule has 1 N–H and O–H groups in total. The number of ether oxygens (including phenoxy) is 1. The lowest BCUT2D eigenvalue weighted by atomic mass is 10.1. The third-order valence-electron chi connectivity index (χ3n) is 3.32. The van der Waals surface area contributed by atoms with Gasteiger partial charge in [-0.15, -0.1) is 0 Å². The average Bonchev–Trinajstić information content (AvgIpc) is 2.45. The van der Waals surface area contributed by atoms with Gasteiger partial charge in [-0.3, -0.25) is 4.90 Å². The predicted octanol–water partition coefficient (Wildman–Crippen LogP) is 0.156. The Kier molecular flexibility index (Phi) is 4.74. The molecule has 1 aromatic heterocycles. The molecule has 0 saturated carbocycles. The molecule has 0 amide bonds. The fourth-order valence-electron chi connectivity index (χ4n) is 2.40. The summed E-state index contributed by atoms with van der Waals surface area (Å²) in [6.45, 7) is 7.57. The second-order valence-corrected chi connectivity index (χ2v) is 5.81. The molecule has 1 aliphatic rings. The lowest BCUT2D eigenvalue weighted by Crippen LogP contribution is -2.50. The third kappa shape index (κ3) is 4.37. The summed E-state index contributed by atoms with van der Waals surface area (Å²) in [5, 5.41) is 9.85. The van der Waals surface area contributed by atoms with Crippen molar-refractivity contribution in [2.75, 3.05) is 44.7 Å². The molecule has 0 aliphatic carbocycles. The van der Waals surface area contributed by atoms with Crippen LogP contribution in [0.25, 0.3) is 0 Å². The van der Waals surface area contributed by atoms with Gasteiger partial charge in [-0.2, -0.15) is 0 Å². The smallest absolute Gasteiger partial charge is 0.376 e. The van der Waals surface area contributed by atoms with Gasteiger partial charge >= 0.3 is 5.97 Å². The van der Waals surface area contributed by atoms with Crippen molar-refractivity contribution < 1.29 is 14.6 Å². The first-order valence-corrected chi connectivity index (χ1v) is 7.00. The summed E-state index contributed by atoms with van der Waals surface area (Å²) in [5.74, 6) is 0.278. The first kappa shape index (κ1) is 15.7. The summed E-state index contributed by atoms with van der Waals surface area (Å²) >= 11 is 0. The molecule has 1 fully saturated rings. The Labute approximate surface area is 124 Å². The molecule has 2 rings (SSSR count). The summed E-state index contributed by atoms with van der Waals surface area (Å²) in [5.41, 5.74) is -0.685. The van der Waals surface area contributed by atoms with E-state index in [2.05, 4.69) is 24.5 Å². The quantitative estimate of drug-likeness (QED) is 0.792. The van der Waals surface area contributed by atoms with Gasteiger partial charge in [0.05, 0.1) is 12.7 Å². The van der Waals surface area contributed by atoms with E-state index in [-0.39, 0.29) is 5.82 Å². The van der Waals surface area contributed by atoms with E-state index in [1.54, 1.807) is 12.3 Å². The molecule has 0 spiro atoms. The van der Waals surface area contributed by atoms with Crippen LogP contribution in [0.1, 0.15) is 24.5 Å². The molecular weight excluding hydrogens is 272 g/mol. The average molecular weight is 294 g/mol. The summed E-state index contributed by atoms with van der Waals surface area (Å²) in [7, 11) is 1.31. The van der Waals surface area contributed by atoms with Crippen LogP contribution in [-0.2, 0) is 4.74 Å². The number of carbonyl (C=O) groups is 1. The number of aliphatic hydroxyl groups is 1. The lowest BCUT2D eigenvalue weighted by molar-refractivity contribution is 0.0344. The molecule has 21 heavy (non-hydrogen) atoms. The zero-order chi connectivity index (χ0) is 15.5. The zero-order valence-electron chi connectivity index (χ0n) is 12.7. The number of hydrogen-bond donors (Lipinski definition) is 1. The van der Waals surface area contributed by atoms with Crippen LogP contribution in [0.15, 0.2) is 12.3 Å². The maximum atomic E-state index is 11.5. The van der Waals surface area contributed by atoms with Gasteiger partial charge in [0, 0.05) is 38.9 Å². The van der Waals surface area contributed by atoms with Crippen molar-refractivity contribution >= 4 is 11.8 Å². The van der Waals surface area contributed by atoms with Gasteiger partial charge < -0.3 is 14.7 Å². The molecule has 0 unspecified atom stereocenters. The molecule has 116 valence electrons. The molecule has 1 aliphatic heterocycles. The maximum absolute atomic E-state index is 11.5. The Morgan fingerprint density at radius 1 is 1.38 bits per heavy atom. The Hall–Kier alpha value is -1.73. The molecule has 1 saturated heterocycles. The number of methoxy groups -OCH3 is 1. The molecule has 1 aromatic rings. The SMILES string of the molecule is COC(=O)c1nccc(N2CCN(CC(C)(C)O)CC2)n1. The van der Waals surface area contributed by atoms with Crippen molar-refractivity contribution in [1.82, 2.24) is 14.9 Å². The van der Waals surface area contributed by atoms with Crippen molar-refractivity contribution in [1.29, 1.82) is 0 Å². The van der Waals surface area contributed by atoms with E-state index in [1.807, 2.05) is 13.8 Å². The van der Waals surface area contributed by atoms with E-state index in [9.17, 15) is 9.90 Å². The first-order valence-electron chi connectivity index (χ1n) is 7.00. The predicted molar refractivity (Wildman–Crippen MR) is 78.3 cm³/mol. The Morgan fingerprint density at radius 2 is 2.05 bits per heavy atom. The highest BCUT2D eigenvalue weighted by Crippen LogP contribution is 2.15. The largest absolute Gasteiger partial charge is 0.463 e. The number of esters is 1. The number of piperazine rings is 1. The lowest BCUT2D eigenvalue weighted by Gasteiger charge is -2.37. The van der Waals surface area contributed by atoms with Crippen LogP contribution >= 0.6 is 0 Å². The van der Waals surface area contributed by atoms with Crippen LogP contribution in [-0.4, -0.2) is 71.4 Å². The standard InChI is InChI=1S/C14H22N4O3/c1-14(2,20)10-17-6-8-18(9-7-17)11-4-5-15-12(16-11)13(19)21-3/h4-5,20H,6-10H2,1-3H3. The fraction of sp³-hybridized carbons (Fsp3) is 0.643. The van der Waals surface area contributed by atoms with E-state index >= 15 is 0 Å². The van der Waals surface area contributed by atoms with Crippen LogP contribution in [0.3, 0.4) is 0 Å². The summed E-state index contributed by atoms with van der Waals surface area (Å²) < 4.78 is 4.63. The number of rotatable bonds is 4. The number of anilines is 1. The number of β-amino-alcohol motifs (C(OH)–C–C–N with tert-alkyl or cyclic N) is 1. The van der Waals surface area contributed by atoms with Crippen molar-refractivity contribution in [2.45, 2.75) is 19.4 Å². The Morgan fingerprint density at radius 3 is 2.62 bits per heavy atom. The van der Waals surface area contributed by atoms with E-state index < -0.39 is 11.6 Å². The molecular formula is C14H22N4O3. The first-order chi connectivity index (χ1) is 9.89. The van der Waals surface area contributed by atoms with Gasteiger partial charge in [0.1, 0.15) is 5.82 Å². The molecule has 0 aromatic carbocycles. The molecule has 7 nitrogen and oxygen atoms in total. The molecule has 0 bridgehead atoms. The summed E-state index contributed by atoms with van der Waals surface area (Å²) in [6.07, 6.45) is 1.57. The second kappa shape index (κ2) is 6.36. The number of nitrogens with zero attached hydrogens (tertiary/aromatic N) is 4. The highest BCUT2D eigenvalue weighted by atomic mass is 16.5. The van der Waals surface area contributed by atoms with Gasteiger partial charge in [0.25, 0.3) is 0 Å². The molecule has 2 heterocycles. The Bertz CT molecular complexity index is 493. The van der Waals surface area contributed by atoms with E-state index in [1.165, 1.54) is 7.11 Å². The summed E-state index contributed by atoms with van der Waals surface area (Å²) in [4.78, 5) is 23.9. The van der Waals surface area contributed by atoms with Gasteiger partial charge in [-0.1, -0.05) is 0 Å². The van der Waals surface area contributed by atoms with Gasteiger partial charge in [0.2, 0.25) is 5.82 Å². The van der Waals surface area contributed by atoms with Crippen molar-refractivity contribution in [2.24, 2.45) is 0 Å². The zero-order valence-corrected chi connectivity index (χ0v) is 12.7. The van der Waals surface area contributed by atoms with Crippen LogP contribution in [0.4, 0.5) is 5.82 Å². The normalized spacial score (nSPS) is 16.9. The highest BCUT2D eigenvalue weighted by molar-refractivity contribution is 5.85. The maximum Gasteiger partial charge on any atom is 0.376 e. The molecule has 0 radical (unpaired) electrons. The minimum atomic E-state index is -0.685. The van der Waals surface area contributed by atoms with Crippen molar-refractivity contribution in [3.05, 3.63) is 18.1 Å². The van der Waals surface area contributed by atoms with Gasteiger partial charge in [-0.25, -0.2) is 14.8 Å². The van der Waals surface area contributed by atoms with Gasteiger partial charge in [-0.05, 0) is 19.9 Å². The van der Waals surface area contributed by atoms with Gasteiger partial charge in [0.15, 0.2) is 0 Å². The van der Waals surface area contributed by atoms with E-state index in [0.29, 0.717) is 6.54 Å². The topological polar surface area (TPSA) is 78.8 Å². The van der Waals surface area contributed by atoms with Crippen molar-refractivity contribution in [3.63, 3.8) is 0 Å². The second-order valence-electron chi connectivity index (χ2n) is 5.81. The Balaban J connectivity index is 1.97. The van der Waals surface area contributed by atoms with Crippen LogP contribution < -0.4 is 4.90 Å². The molecule has 0 atom stereocenters. The molecule has 7 heteroatoms. The van der Waals surface area contributed by atoms with E-state index in [4.69, 9.17) is 0 Å². The number of hydrogen-bond acceptors (Lipinski definition) is 7. The van der Waals surface area contributed by atoms with Crippen molar-refractivity contribution in [3.8, 4) is 0 Å². The minimum absolute atomic E-state index is 0.0777. The van der Waals surface area contributed by atoms with Crippen LogP contribution in [0.5, 0.6) is 0 Å². The number of aromatic nitrogens is 2. The fourth-order valence-corrected chi connectivity index (χ4v) is 2.40. The highest BCUT2D eigenvalue weighted by Gasteiger charge is 2.23. The van der Waals surface area contributed by atoms with E-state index in [0.717, 1.165) is 32.0 Å².